The Morgan fingerprint density at radius 2 is 2.40 bits per heavy atom. The standard InChI is InChI=1S/C6H6ClNO2/c7-5-3-8-2-1-4(5)6(9)10/h1-5H,(H,9,10). The first-order valence-corrected chi connectivity index (χ1v) is 3.22. The van der Waals surface area contributed by atoms with Crippen LogP contribution in [0.15, 0.2) is 17.3 Å². The van der Waals surface area contributed by atoms with Crippen LogP contribution in [-0.2, 0) is 4.79 Å². The van der Waals surface area contributed by atoms with Crippen LogP contribution in [0.3, 0.4) is 0 Å². The molecule has 2 atom stereocenters. The number of carboxylic acids is 1. The lowest BCUT2D eigenvalue weighted by Crippen LogP contribution is -2.24. The second-order valence-corrected chi connectivity index (χ2v) is 2.45. The first-order valence-electron chi connectivity index (χ1n) is 2.78. The number of hydrogen-bond acceptors (Lipinski definition) is 2. The number of hydrogen-bond donors (Lipinski definition) is 1. The number of rotatable bonds is 1. The Hall–Kier alpha value is -0.830. The lowest BCUT2D eigenvalue weighted by atomic mass is 10.1. The average molecular weight is 160 g/mol. The van der Waals surface area contributed by atoms with E-state index in [-0.39, 0.29) is 0 Å². The summed E-state index contributed by atoms with van der Waals surface area (Å²) in [5.74, 6) is -1.54. The Morgan fingerprint density at radius 3 is 2.80 bits per heavy atom. The molecule has 0 aliphatic carbocycles. The summed E-state index contributed by atoms with van der Waals surface area (Å²) in [5, 5.41) is 8.00. The molecule has 1 N–H and O–H groups in total. The molecule has 0 radical (unpaired) electrons. The first kappa shape index (κ1) is 7.28. The molecule has 0 aromatic carbocycles. The normalized spacial score (nSPS) is 30.5. The van der Waals surface area contributed by atoms with Crippen molar-refractivity contribution in [3.05, 3.63) is 12.3 Å². The molecule has 0 saturated heterocycles. The second-order valence-electron chi connectivity index (χ2n) is 1.95. The summed E-state index contributed by atoms with van der Waals surface area (Å²) >= 11 is 5.60. The predicted molar refractivity (Wildman–Crippen MR) is 38.4 cm³/mol. The maximum absolute atomic E-state index is 10.4. The summed E-state index contributed by atoms with van der Waals surface area (Å²) in [6.07, 6.45) is 4.33. The summed E-state index contributed by atoms with van der Waals surface area (Å²) in [7, 11) is 0. The lowest BCUT2D eigenvalue weighted by Gasteiger charge is -2.11. The zero-order chi connectivity index (χ0) is 7.56. The van der Waals surface area contributed by atoms with Crippen molar-refractivity contribution in [1.29, 1.82) is 0 Å². The third-order valence-corrected chi connectivity index (χ3v) is 1.62. The van der Waals surface area contributed by atoms with Gasteiger partial charge >= 0.3 is 5.97 Å². The SMILES string of the molecule is O=C(O)C1C=CN=CC1Cl. The van der Waals surface area contributed by atoms with E-state index in [0.717, 1.165) is 0 Å². The van der Waals surface area contributed by atoms with Gasteiger partial charge in [-0.05, 0) is 0 Å². The molecule has 54 valence electrons. The second kappa shape index (κ2) is 2.84. The largest absolute Gasteiger partial charge is 0.481 e. The minimum Gasteiger partial charge on any atom is -0.481 e. The summed E-state index contributed by atoms with van der Waals surface area (Å²) in [4.78, 5) is 14.1. The van der Waals surface area contributed by atoms with Crippen LogP contribution in [0, 0.1) is 5.92 Å². The van der Waals surface area contributed by atoms with Gasteiger partial charge in [0, 0.05) is 12.4 Å². The molecule has 3 nitrogen and oxygen atoms in total. The van der Waals surface area contributed by atoms with E-state index >= 15 is 0 Å². The predicted octanol–water partition coefficient (Wildman–Crippen LogP) is 0.893. The van der Waals surface area contributed by atoms with Gasteiger partial charge in [0.05, 0.1) is 11.3 Å². The van der Waals surface area contributed by atoms with Crippen LogP contribution in [0.4, 0.5) is 0 Å². The number of carbonyl (C=O) groups is 1. The summed E-state index contributed by atoms with van der Waals surface area (Å²) in [6.45, 7) is 0. The molecule has 1 heterocycles. The van der Waals surface area contributed by atoms with E-state index in [2.05, 4.69) is 4.99 Å². The van der Waals surface area contributed by atoms with Crippen LogP contribution < -0.4 is 0 Å². The van der Waals surface area contributed by atoms with Crippen molar-refractivity contribution in [1.82, 2.24) is 0 Å². The molecule has 0 saturated carbocycles. The minimum absolute atomic E-state index is 0.512. The molecule has 1 aliphatic rings. The molecule has 4 heteroatoms. The van der Waals surface area contributed by atoms with E-state index in [4.69, 9.17) is 16.7 Å². The van der Waals surface area contributed by atoms with Gasteiger partial charge in [-0.3, -0.25) is 9.79 Å². The zero-order valence-corrected chi connectivity index (χ0v) is 5.82. The van der Waals surface area contributed by atoms with Crippen molar-refractivity contribution in [2.75, 3.05) is 0 Å². The topological polar surface area (TPSA) is 49.7 Å². The van der Waals surface area contributed by atoms with Crippen molar-refractivity contribution in [3.63, 3.8) is 0 Å². The monoisotopic (exact) mass is 159 g/mol. The molecule has 1 aliphatic heterocycles. The minimum atomic E-state index is -0.914. The number of aliphatic carboxylic acids is 1. The van der Waals surface area contributed by atoms with E-state index in [0.29, 0.717) is 0 Å². The molecule has 2 unspecified atom stereocenters. The van der Waals surface area contributed by atoms with Crippen molar-refractivity contribution >= 4 is 23.8 Å². The molecule has 0 bridgehead atoms. The van der Waals surface area contributed by atoms with Crippen molar-refractivity contribution in [2.24, 2.45) is 10.9 Å². The van der Waals surface area contributed by atoms with Crippen molar-refractivity contribution in [3.8, 4) is 0 Å². The van der Waals surface area contributed by atoms with Gasteiger partial charge in [0.25, 0.3) is 0 Å². The van der Waals surface area contributed by atoms with E-state index in [1.807, 2.05) is 0 Å². The summed E-state index contributed by atoms with van der Waals surface area (Å²) in [6, 6.07) is 0. The molecule has 0 aromatic rings. The van der Waals surface area contributed by atoms with E-state index < -0.39 is 17.3 Å². The van der Waals surface area contributed by atoms with E-state index in [1.165, 1.54) is 18.5 Å². The highest BCUT2D eigenvalue weighted by atomic mass is 35.5. The number of aliphatic imine (C=N–C) groups is 1. The molecule has 0 fully saturated rings. The Bertz CT molecular complexity index is 200. The van der Waals surface area contributed by atoms with Gasteiger partial charge in [0.1, 0.15) is 0 Å². The Labute approximate surface area is 63.0 Å². The third kappa shape index (κ3) is 1.36. The summed E-state index contributed by atoms with van der Waals surface area (Å²) < 4.78 is 0. The van der Waals surface area contributed by atoms with Gasteiger partial charge in [0.15, 0.2) is 0 Å². The highest BCUT2D eigenvalue weighted by molar-refractivity contribution is 6.30. The molecular formula is C6H6ClNO2. The average Bonchev–Trinajstić information content (AvgIpc) is 1.88. The van der Waals surface area contributed by atoms with Crippen LogP contribution in [0.25, 0.3) is 0 Å². The van der Waals surface area contributed by atoms with Gasteiger partial charge < -0.3 is 5.11 Å². The van der Waals surface area contributed by atoms with Crippen molar-refractivity contribution < 1.29 is 9.90 Å². The van der Waals surface area contributed by atoms with Crippen LogP contribution in [0.1, 0.15) is 0 Å². The van der Waals surface area contributed by atoms with Gasteiger partial charge in [-0.15, -0.1) is 11.6 Å². The third-order valence-electron chi connectivity index (χ3n) is 1.24. The smallest absolute Gasteiger partial charge is 0.312 e. The molecule has 0 spiro atoms. The van der Waals surface area contributed by atoms with E-state index in [9.17, 15) is 4.79 Å². The first-order chi connectivity index (χ1) is 4.72. The van der Waals surface area contributed by atoms with Crippen LogP contribution in [0.2, 0.25) is 0 Å². The maximum atomic E-state index is 10.4. The van der Waals surface area contributed by atoms with Crippen LogP contribution >= 0.6 is 11.6 Å². The molecule has 0 amide bonds. The number of halogens is 1. The molecule has 1 rings (SSSR count). The molecular weight excluding hydrogens is 154 g/mol. The molecule has 0 aromatic heterocycles. The fraction of sp³-hybridized carbons (Fsp3) is 0.333. The number of alkyl halides is 1. The lowest BCUT2D eigenvalue weighted by molar-refractivity contribution is -0.139. The Kier molecular flexibility index (Phi) is 2.06. The maximum Gasteiger partial charge on any atom is 0.312 e. The van der Waals surface area contributed by atoms with Gasteiger partial charge in [-0.2, -0.15) is 0 Å². The Balaban J connectivity index is 2.70. The quantitative estimate of drug-likeness (QED) is 0.578. The van der Waals surface area contributed by atoms with Crippen LogP contribution in [-0.4, -0.2) is 22.7 Å². The van der Waals surface area contributed by atoms with Gasteiger partial charge in [-0.1, -0.05) is 6.08 Å². The highest BCUT2D eigenvalue weighted by Gasteiger charge is 2.23. The number of nitrogens with zero attached hydrogens (tertiary/aromatic N) is 1. The molecule has 10 heavy (non-hydrogen) atoms. The van der Waals surface area contributed by atoms with Crippen LogP contribution in [0.5, 0.6) is 0 Å². The highest BCUT2D eigenvalue weighted by Crippen LogP contribution is 2.14. The fourth-order valence-electron chi connectivity index (χ4n) is 0.692. The van der Waals surface area contributed by atoms with Gasteiger partial charge in [-0.25, -0.2) is 0 Å². The van der Waals surface area contributed by atoms with Crippen molar-refractivity contribution in [2.45, 2.75) is 5.38 Å². The summed E-state index contributed by atoms with van der Waals surface area (Å²) in [5.41, 5.74) is 0. The van der Waals surface area contributed by atoms with E-state index in [1.54, 1.807) is 0 Å². The zero-order valence-electron chi connectivity index (χ0n) is 5.07. The fourth-order valence-corrected chi connectivity index (χ4v) is 0.949. The van der Waals surface area contributed by atoms with Gasteiger partial charge in [0.2, 0.25) is 0 Å². The number of carboxylic acid groups (broad SMARTS) is 1. The Morgan fingerprint density at radius 1 is 1.70 bits per heavy atom.